The minimum absolute atomic E-state index is 0.0613. The highest BCUT2D eigenvalue weighted by Crippen LogP contribution is 2.40. The molecule has 0 aromatic rings. The number of carbonyl (C=O) groups excluding carboxylic acids is 4. The maximum Gasteiger partial charge on any atom is 0.222 e. The molecular weight excluding hydrogens is 542 g/mol. The SMILES string of the molecule is CC(N(CCC(=O)NCNC(=O)CCC(C)(C)CC(C(N)=O)C(C)(C)C)CCC(C)(C)C)C(C)(C)C(NC=O)C(C)(C)C. The van der Waals surface area contributed by atoms with Gasteiger partial charge in [-0.15, -0.1) is 0 Å². The number of nitrogens with zero attached hydrogens (tertiary/aromatic N) is 1. The fourth-order valence-electron chi connectivity index (χ4n) is 5.94. The van der Waals surface area contributed by atoms with E-state index < -0.39 is 0 Å². The molecule has 9 nitrogen and oxygen atoms in total. The third kappa shape index (κ3) is 15.4. The Labute approximate surface area is 263 Å². The molecule has 0 saturated heterocycles. The summed E-state index contributed by atoms with van der Waals surface area (Å²) < 4.78 is 0. The zero-order valence-corrected chi connectivity index (χ0v) is 30.1. The molecule has 0 aromatic heterocycles. The Kier molecular flexibility index (Phi) is 15.4. The summed E-state index contributed by atoms with van der Waals surface area (Å²) in [7, 11) is 0. The Hall–Kier alpha value is -2.16. The molecule has 9 heteroatoms. The van der Waals surface area contributed by atoms with E-state index in [-0.39, 0.29) is 69.5 Å². The number of hydrogen-bond donors (Lipinski definition) is 4. The van der Waals surface area contributed by atoms with Gasteiger partial charge in [0.25, 0.3) is 0 Å². The van der Waals surface area contributed by atoms with E-state index in [9.17, 15) is 19.2 Å². The number of primary amides is 1. The number of nitrogens with one attached hydrogen (secondary N) is 3. The van der Waals surface area contributed by atoms with Crippen LogP contribution in [0, 0.1) is 33.0 Å². The van der Waals surface area contributed by atoms with Gasteiger partial charge in [-0.2, -0.15) is 0 Å². The number of nitrogens with two attached hydrogens (primary N) is 1. The molecule has 0 spiro atoms. The van der Waals surface area contributed by atoms with Gasteiger partial charge in [-0.3, -0.25) is 24.1 Å². The van der Waals surface area contributed by atoms with E-state index in [1.807, 2.05) is 20.8 Å². The molecule has 0 fully saturated rings. The van der Waals surface area contributed by atoms with Crippen molar-refractivity contribution in [2.45, 2.75) is 141 Å². The lowest BCUT2D eigenvalue weighted by Crippen LogP contribution is -2.58. The minimum atomic E-state index is -0.311. The first-order valence-electron chi connectivity index (χ1n) is 16.0. The molecule has 0 rings (SSSR count). The largest absolute Gasteiger partial charge is 0.369 e. The summed E-state index contributed by atoms with van der Waals surface area (Å²) in [6, 6.07) is 0.0311. The molecule has 0 saturated carbocycles. The van der Waals surface area contributed by atoms with Crippen LogP contribution in [0.25, 0.3) is 0 Å². The van der Waals surface area contributed by atoms with Gasteiger partial charge >= 0.3 is 0 Å². The smallest absolute Gasteiger partial charge is 0.222 e. The third-order valence-corrected chi connectivity index (χ3v) is 8.99. The second kappa shape index (κ2) is 16.2. The first-order chi connectivity index (χ1) is 19.2. The van der Waals surface area contributed by atoms with Crippen molar-refractivity contribution in [3.8, 4) is 0 Å². The summed E-state index contributed by atoms with van der Waals surface area (Å²) in [5.74, 6) is -0.854. The van der Waals surface area contributed by atoms with Crippen molar-refractivity contribution in [1.82, 2.24) is 20.9 Å². The van der Waals surface area contributed by atoms with Gasteiger partial charge in [0.1, 0.15) is 0 Å². The van der Waals surface area contributed by atoms with Gasteiger partial charge in [-0.25, -0.2) is 0 Å². The highest BCUT2D eigenvalue weighted by molar-refractivity contribution is 5.79. The molecule has 0 heterocycles. The molecule has 0 radical (unpaired) electrons. The summed E-state index contributed by atoms with van der Waals surface area (Å²) in [5.41, 5.74) is 4.92. The van der Waals surface area contributed by atoms with Crippen LogP contribution in [0.3, 0.4) is 0 Å². The van der Waals surface area contributed by atoms with Crippen molar-refractivity contribution in [3.63, 3.8) is 0 Å². The van der Waals surface area contributed by atoms with E-state index in [2.05, 4.69) is 97.0 Å². The first-order valence-corrected chi connectivity index (χ1v) is 16.0. The van der Waals surface area contributed by atoms with Crippen LogP contribution in [-0.2, 0) is 19.2 Å². The summed E-state index contributed by atoms with van der Waals surface area (Å²) in [5, 5.41) is 8.70. The van der Waals surface area contributed by atoms with Gasteiger partial charge in [0, 0.05) is 42.8 Å². The van der Waals surface area contributed by atoms with Crippen molar-refractivity contribution in [3.05, 3.63) is 0 Å². The molecule has 0 bridgehead atoms. The predicted molar refractivity (Wildman–Crippen MR) is 177 cm³/mol. The zero-order chi connectivity index (χ0) is 34.0. The quantitative estimate of drug-likeness (QED) is 0.125. The van der Waals surface area contributed by atoms with E-state index >= 15 is 0 Å². The summed E-state index contributed by atoms with van der Waals surface area (Å²) in [6.45, 7) is 31.2. The molecule has 0 aliphatic heterocycles. The molecule has 3 atom stereocenters. The molecule has 43 heavy (non-hydrogen) atoms. The lowest BCUT2D eigenvalue weighted by Gasteiger charge is -2.49. The van der Waals surface area contributed by atoms with Crippen molar-refractivity contribution in [1.29, 1.82) is 0 Å². The van der Waals surface area contributed by atoms with Crippen molar-refractivity contribution in [2.24, 2.45) is 38.7 Å². The van der Waals surface area contributed by atoms with Crippen LogP contribution < -0.4 is 21.7 Å². The zero-order valence-electron chi connectivity index (χ0n) is 30.1. The Morgan fingerprint density at radius 3 is 1.70 bits per heavy atom. The van der Waals surface area contributed by atoms with Crippen LogP contribution in [0.5, 0.6) is 0 Å². The molecule has 0 aromatic carbocycles. The van der Waals surface area contributed by atoms with Crippen LogP contribution in [0.15, 0.2) is 0 Å². The fraction of sp³-hybridized carbons (Fsp3) is 0.882. The van der Waals surface area contributed by atoms with Crippen molar-refractivity contribution < 1.29 is 19.2 Å². The summed E-state index contributed by atoms with van der Waals surface area (Å²) in [6.07, 6.45) is 3.58. The lowest BCUT2D eigenvalue weighted by molar-refractivity contribution is -0.126. The standard InChI is InChI=1S/C34H67N5O4/c1-24(34(13,14)29(38-23-40)32(8,9)10)39(20-18-30(2,3)4)19-16-27(42)37-22-36-26(41)15-17-33(11,12)21-25(28(35)43)31(5,6)7/h23-25,29H,15-22H2,1-14H3,(H2,35,43)(H,36,41)(H,37,42)(H,38,40). The molecule has 0 aliphatic carbocycles. The van der Waals surface area contributed by atoms with Crippen molar-refractivity contribution >= 4 is 24.1 Å². The van der Waals surface area contributed by atoms with Crippen LogP contribution >= 0.6 is 0 Å². The average Bonchev–Trinajstić information content (AvgIpc) is 2.82. The van der Waals surface area contributed by atoms with E-state index in [0.717, 1.165) is 19.4 Å². The first kappa shape index (κ1) is 40.8. The molecule has 3 unspecified atom stereocenters. The van der Waals surface area contributed by atoms with Gasteiger partial charge in [0.2, 0.25) is 24.1 Å². The van der Waals surface area contributed by atoms with Gasteiger partial charge in [-0.1, -0.05) is 90.0 Å². The van der Waals surface area contributed by atoms with Gasteiger partial charge in [0.15, 0.2) is 0 Å². The second-order valence-electron chi connectivity index (χ2n) is 17.2. The van der Waals surface area contributed by atoms with E-state index in [1.165, 1.54) is 0 Å². The Morgan fingerprint density at radius 2 is 1.28 bits per heavy atom. The van der Waals surface area contributed by atoms with Gasteiger partial charge < -0.3 is 21.7 Å². The summed E-state index contributed by atoms with van der Waals surface area (Å²) in [4.78, 5) is 51.2. The van der Waals surface area contributed by atoms with E-state index in [0.29, 0.717) is 32.2 Å². The van der Waals surface area contributed by atoms with E-state index in [4.69, 9.17) is 5.73 Å². The average molecular weight is 610 g/mol. The van der Waals surface area contributed by atoms with Crippen molar-refractivity contribution in [2.75, 3.05) is 19.8 Å². The molecule has 4 amide bonds. The molecule has 0 aliphatic rings. The van der Waals surface area contributed by atoms with Crippen LogP contribution in [-0.4, -0.2) is 60.9 Å². The Balaban J connectivity index is 5.14. The highest BCUT2D eigenvalue weighted by atomic mass is 16.2. The normalized spacial score (nSPS) is 15.4. The number of amides is 4. The fourth-order valence-corrected chi connectivity index (χ4v) is 5.94. The van der Waals surface area contributed by atoms with Gasteiger partial charge in [-0.05, 0) is 54.4 Å². The Bertz CT molecular complexity index is 909. The highest BCUT2D eigenvalue weighted by Gasteiger charge is 2.43. The molecular formula is C34H67N5O4. The minimum Gasteiger partial charge on any atom is -0.369 e. The Morgan fingerprint density at radius 1 is 0.767 bits per heavy atom. The monoisotopic (exact) mass is 610 g/mol. The van der Waals surface area contributed by atoms with E-state index in [1.54, 1.807) is 0 Å². The topological polar surface area (TPSA) is 134 Å². The second-order valence-corrected chi connectivity index (χ2v) is 17.2. The van der Waals surface area contributed by atoms with Crippen LogP contribution in [0.1, 0.15) is 129 Å². The molecule has 5 N–H and O–H groups in total. The molecule has 252 valence electrons. The lowest BCUT2D eigenvalue weighted by atomic mass is 9.67. The number of hydrogen-bond acceptors (Lipinski definition) is 5. The predicted octanol–water partition coefficient (Wildman–Crippen LogP) is 5.22. The maximum absolute atomic E-state index is 12.8. The summed E-state index contributed by atoms with van der Waals surface area (Å²) >= 11 is 0. The number of rotatable bonds is 18. The third-order valence-electron chi connectivity index (χ3n) is 8.99. The number of carbonyl (C=O) groups is 4. The van der Waals surface area contributed by atoms with Crippen LogP contribution in [0.2, 0.25) is 0 Å². The van der Waals surface area contributed by atoms with Crippen LogP contribution in [0.4, 0.5) is 0 Å². The maximum atomic E-state index is 12.8. The van der Waals surface area contributed by atoms with Gasteiger partial charge in [0.05, 0.1) is 6.67 Å².